The van der Waals surface area contributed by atoms with Gasteiger partial charge in [0.25, 0.3) is 5.91 Å². The fourth-order valence-electron chi connectivity index (χ4n) is 3.55. The fraction of sp³-hybridized carbons (Fsp3) is 0.273. The number of piperazine rings is 1. The second-order valence-corrected chi connectivity index (χ2v) is 7.93. The van der Waals surface area contributed by atoms with Gasteiger partial charge in [-0.2, -0.15) is 0 Å². The lowest BCUT2D eigenvalue weighted by Crippen LogP contribution is -2.49. The Morgan fingerprint density at radius 1 is 1.00 bits per heavy atom. The van der Waals surface area contributed by atoms with E-state index in [1.165, 1.54) is 0 Å². The summed E-state index contributed by atoms with van der Waals surface area (Å²) in [5.41, 5.74) is 2.69. The first-order valence-electron chi connectivity index (χ1n) is 9.37. The number of benzene rings is 2. The van der Waals surface area contributed by atoms with Crippen molar-refractivity contribution in [2.24, 2.45) is 0 Å². The zero-order valence-corrected chi connectivity index (χ0v) is 16.9. The summed E-state index contributed by atoms with van der Waals surface area (Å²) in [6.07, 6.45) is 0. The number of anilines is 1. The number of rotatable bonds is 4. The monoisotopic (exact) mass is 393 g/mol. The largest absolute Gasteiger partial charge is 0.495 e. The van der Waals surface area contributed by atoms with Gasteiger partial charge in [0.05, 0.1) is 22.7 Å². The third kappa shape index (κ3) is 3.60. The topological polar surface area (TPSA) is 45.7 Å². The number of aryl methyl sites for hydroxylation is 1. The van der Waals surface area contributed by atoms with Crippen molar-refractivity contribution in [3.63, 3.8) is 0 Å². The molecule has 1 aliphatic rings. The van der Waals surface area contributed by atoms with Gasteiger partial charge in [-0.25, -0.2) is 4.98 Å². The summed E-state index contributed by atoms with van der Waals surface area (Å²) in [5.74, 6) is 0.881. The number of thiazole rings is 1. The van der Waals surface area contributed by atoms with Crippen molar-refractivity contribution in [1.29, 1.82) is 0 Å². The van der Waals surface area contributed by atoms with Crippen molar-refractivity contribution in [3.05, 3.63) is 65.3 Å². The highest BCUT2D eigenvalue weighted by Crippen LogP contribution is 2.32. The van der Waals surface area contributed by atoms with Crippen LogP contribution in [0.5, 0.6) is 5.75 Å². The van der Waals surface area contributed by atoms with Crippen molar-refractivity contribution < 1.29 is 9.53 Å². The fourth-order valence-corrected chi connectivity index (χ4v) is 4.46. The Morgan fingerprint density at radius 3 is 2.39 bits per heavy atom. The van der Waals surface area contributed by atoms with Gasteiger partial charge in [-0.05, 0) is 24.6 Å². The third-order valence-corrected chi connectivity index (χ3v) is 5.99. The molecule has 4 rings (SSSR count). The minimum Gasteiger partial charge on any atom is -0.495 e. The number of amides is 1. The molecule has 2 aromatic carbocycles. The second-order valence-electron chi connectivity index (χ2n) is 6.73. The Labute approximate surface area is 169 Å². The average molecular weight is 394 g/mol. The van der Waals surface area contributed by atoms with Gasteiger partial charge in [0.15, 0.2) is 0 Å². The Kier molecular flexibility index (Phi) is 5.30. The molecule has 0 spiro atoms. The number of hydrogen-bond donors (Lipinski definition) is 0. The maximum Gasteiger partial charge on any atom is 0.274 e. The lowest BCUT2D eigenvalue weighted by molar-refractivity contribution is 0.0742. The van der Waals surface area contributed by atoms with Gasteiger partial charge >= 0.3 is 0 Å². The van der Waals surface area contributed by atoms with E-state index in [-0.39, 0.29) is 5.91 Å². The Hall–Kier alpha value is -2.86. The van der Waals surface area contributed by atoms with Crippen molar-refractivity contribution in [3.8, 4) is 16.2 Å². The van der Waals surface area contributed by atoms with Crippen LogP contribution in [-0.2, 0) is 0 Å². The normalized spacial score (nSPS) is 14.2. The van der Waals surface area contributed by atoms with Crippen LogP contribution in [0.2, 0.25) is 0 Å². The van der Waals surface area contributed by atoms with Crippen LogP contribution in [0.3, 0.4) is 0 Å². The highest BCUT2D eigenvalue weighted by molar-refractivity contribution is 7.15. The van der Waals surface area contributed by atoms with Crippen LogP contribution in [0.4, 0.5) is 5.69 Å². The van der Waals surface area contributed by atoms with Crippen LogP contribution in [0.15, 0.2) is 54.6 Å². The summed E-state index contributed by atoms with van der Waals surface area (Å²) in [6, 6.07) is 18.0. The van der Waals surface area contributed by atoms with Gasteiger partial charge < -0.3 is 14.5 Å². The highest BCUT2D eigenvalue weighted by Gasteiger charge is 2.27. The summed E-state index contributed by atoms with van der Waals surface area (Å²) < 4.78 is 5.48. The average Bonchev–Trinajstić information content (AvgIpc) is 3.15. The molecule has 2 heterocycles. The molecular formula is C22H23N3O2S. The predicted molar refractivity (Wildman–Crippen MR) is 113 cm³/mol. The first-order chi connectivity index (χ1) is 13.7. The molecule has 0 atom stereocenters. The first-order valence-corrected chi connectivity index (χ1v) is 10.2. The molecule has 3 aromatic rings. The molecule has 28 heavy (non-hydrogen) atoms. The molecule has 0 unspecified atom stereocenters. The molecule has 1 amide bonds. The number of carbonyl (C=O) groups excluding carboxylic acids is 1. The van der Waals surface area contributed by atoms with E-state index in [0.717, 1.165) is 40.0 Å². The molecule has 6 heteroatoms. The zero-order chi connectivity index (χ0) is 19.5. The smallest absolute Gasteiger partial charge is 0.274 e. The van der Waals surface area contributed by atoms with E-state index in [1.807, 2.05) is 60.4 Å². The molecule has 1 fully saturated rings. The van der Waals surface area contributed by atoms with Crippen LogP contribution in [0.1, 0.15) is 15.5 Å². The van der Waals surface area contributed by atoms with Gasteiger partial charge in [-0.15, -0.1) is 11.3 Å². The summed E-state index contributed by atoms with van der Waals surface area (Å²) in [6.45, 7) is 4.84. The van der Waals surface area contributed by atoms with Crippen LogP contribution >= 0.6 is 11.3 Å². The standard InChI is InChI=1S/C22H23N3O2S/c1-16-23-20(21(28-16)17-8-4-3-5-9-17)22(26)25-14-12-24(13-15-25)18-10-6-7-11-19(18)27-2/h3-11H,12-15H2,1-2H3. The lowest BCUT2D eigenvalue weighted by Gasteiger charge is -2.36. The molecule has 0 saturated carbocycles. The number of ether oxygens (including phenoxy) is 1. The molecular weight excluding hydrogens is 370 g/mol. The Balaban J connectivity index is 1.51. The minimum absolute atomic E-state index is 0.0166. The Morgan fingerprint density at radius 2 is 1.68 bits per heavy atom. The number of para-hydroxylation sites is 2. The number of carbonyl (C=O) groups is 1. The quantitative estimate of drug-likeness (QED) is 0.670. The predicted octanol–water partition coefficient (Wildman–Crippen LogP) is 4.09. The first kappa shape index (κ1) is 18.5. The molecule has 0 bridgehead atoms. The lowest BCUT2D eigenvalue weighted by atomic mass is 10.1. The van der Waals surface area contributed by atoms with E-state index in [0.29, 0.717) is 18.8 Å². The van der Waals surface area contributed by atoms with E-state index in [4.69, 9.17) is 4.74 Å². The summed E-state index contributed by atoms with van der Waals surface area (Å²) >= 11 is 1.58. The van der Waals surface area contributed by atoms with Crippen LogP contribution in [-0.4, -0.2) is 49.1 Å². The van der Waals surface area contributed by atoms with Crippen LogP contribution < -0.4 is 9.64 Å². The highest BCUT2D eigenvalue weighted by atomic mass is 32.1. The molecule has 0 aliphatic carbocycles. The summed E-state index contributed by atoms with van der Waals surface area (Å²) in [7, 11) is 1.69. The number of hydrogen-bond acceptors (Lipinski definition) is 5. The number of aromatic nitrogens is 1. The van der Waals surface area contributed by atoms with E-state index in [2.05, 4.69) is 16.0 Å². The van der Waals surface area contributed by atoms with Gasteiger partial charge in [0, 0.05) is 26.2 Å². The van der Waals surface area contributed by atoms with E-state index < -0.39 is 0 Å². The van der Waals surface area contributed by atoms with Crippen molar-refractivity contribution >= 4 is 22.9 Å². The van der Waals surface area contributed by atoms with E-state index in [1.54, 1.807) is 18.4 Å². The maximum absolute atomic E-state index is 13.2. The zero-order valence-electron chi connectivity index (χ0n) is 16.1. The van der Waals surface area contributed by atoms with Gasteiger partial charge in [-0.3, -0.25) is 4.79 Å². The Bertz CT molecular complexity index is 963. The van der Waals surface area contributed by atoms with E-state index >= 15 is 0 Å². The molecule has 1 saturated heterocycles. The third-order valence-electron chi connectivity index (χ3n) is 4.97. The molecule has 0 N–H and O–H groups in total. The van der Waals surface area contributed by atoms with Gasteiger partial charge in [0.2, 0.25) is 0 Å². The SMILES string of the molecule is COc1ccccc1N1CCN(C(=O)c2nc(C)sc2-c2ccccc2)CC1. The van der Waals surface area contributed by atoms with Crippen LogP contribution in [0.25, 0.3) is 10.4 Å². The minimum atomic E-state index is 0.0166. The summed E-state index contributed by atoms with van der Waals surface area (Å²) in [5, 5.41) is 0.912. The van der Waals surface area contributed by atoms with Crippen molar-refractivity contribution in [2.75, 3.05) is 38.2 Å². The summed E-state index contributed by atoms with van der Waals surface area (Å²) in [4.78, 5) is 22.9. The molecule has 0 radical (unpaired) electrons. The van der Waals surface area contributed by atoms with Crippen molar-refractivity contribution in [1.82, 2.24) is 9.88 Å². The van der Waals surface area contributed by atoms with Crippen molar-refractivity contribution in [2.45, 2.75) is 6.92 Å². The van der Waals surface area contributed by atoms with Gasteiger partial charge in [0.1, 0.15) is 11.4 Å². The molecule has 5 nitrogen and oxygen atoms in total. The maximum atomic E-state index is 13.2. The van der Waals surface area contributed by atoms with Gasteiger partial charge in [-0.1, -0.05) is 42.5 Å². The number of nitrogens with zero attached hydrogens (tertiary/aromatic N) is 3. The number of methoxy groups -OCH3 is 1. The molecule has 144 valence electrons. The van der Waals surface area contributed by atoms with Crippen LogP contribution in [0, 0.1) is 6.92 Å². The van der Waals surface area contributed by atoms with E-state index in [9.17, 15) is 4.79 Å². The molecule has 1 aromatic heterocycles. The second kappa shape index (κ2) is 8.02. The molecule has 1 aliphatic heterocycles.